The van der Waals surface area contributed by atoms with Crippen molar-refractivity contribution in [3.63, 3.8) is 0 Å². The SMILES string of the molecule is CCC.CCC.CCc1ccccc1.CCc1ccccc1.Cc1cccc2c(C)cccc12. The second kappa shape index (κ2) is 20.7. The summed E-state index contributed by atoms with van der Waals surface area (Å²) >= 11 is 0. The van der Waals surface area contributed by atoms with Gasteiger partial charge in [-0.3, -0.25) is 0 Å². The molecule has 4 rings (SSSR count). The highest BCUT2D eigenvalue weighted by Gasteiger charge is 1.96. The van der Waals surface area contributed by atoms with Gasteiger partial charge in [-0.1, -0.05) is 151 Å². The van der Waals surface area contributed by atoms with Gasteiger partial charge in [-0.15, -0.1) is 0 Å². The summed E-state index contributed by atoms with van der Waals surface area (Å²) in [5.41, 5.74) is 5.53. The molecule has 0 aromatic heterocycles. The molecule has 0 nitrogen and oxygen atoms in total. The number of rotatable bonds is 2. The van der Waals surface area contributed by atoms with Gasteiger partial charge in [0.2, 0.25) is 0 Å². The van der Waals surface area contributed by atoms with E-state index in [1.807, 2.05) is 12.1 Å². The van der Waals surface area contributed by atoms with E-state index < -0.39 is 0 Å². The molecule has 0 unspecified atom stereocenters. The summed E-state index contributed by atoms with van der Waals surface area (Å²) in [7, 11) is 0. The molecule has 0 saturated carbocycles. The molecule has 0 aliphatic rings. The van der Waals surface area contributed by atoms with Crippen LogP contribution in [0.4, 0.5) is 0 Å². The van der Waals surface area contributed by atoms with Gasteiger partial charge in [0, 0.05) is 0 Å². The van der Waals surface area contributed by atoms with Crippen LogP contribution < -0.4 is 0 Å². The van der Waals surface area contributed by atoms with Crippen molar-refractivity contribution < 1.29 is 0 Å². The molecule has 4 aromatic rings. The van der Waals surface area contributed by atoms with E-state index >= 15 is 0 Å². The molecule has 0 N–H and O–H groups in total. The predicted molar refractivity (Wildman–Crippen MR) is 157 cm³/mol. The number of aryl methyl sites for hydroxylation is 4. The Morgan fingerprint density at radius 3 is 0.912 bits per heavy atom. The van der Waals surface area contributed by atoms with E-state index in [2.05, 4.69) is 140 Å². The van der Waals surface area contributed by atoms with Gasteiger partial charge < -0.3 is 0 Å². The number of benzene rings is 4. The van der Waals surface area contributed by atoms with Crippen molar-refractivity contribution in [2.45, 2.75) is 81.1 Å². The molecule has 0 heterocycles. The van der Waals surface area contributed by atoms with Crippen LogP contribution in [0.3, 0.4) is 0 Å². The first-order valence-corrected chi connectivity index (χ1v) is 13.0. The second-order valence-corrected chi connectivity index (χ2v) is 8.34. The lowest BCUT2D eigenvalue weighted by molar-refractivity contribution is 1.09. The normalized spacial score (nSPS) is 9.06. The van der Waals surface area contributed by atoms with Crippen LogP contribution >= 0.6 is 0 Å². The van der Waals surface area contributed by atoms with Crippen molar-refractivity contribution in [3.8, 4) is 0 Å². The predicted octanol–water partition coefficient (Wildman–Crippen LogP) is 10.8. The van der Waals surface area contributed by atoms with Crippen LogP contribution in [0, 0.1) is 13.8 Å². The van der Waals surface area contributed by atoms with Gasteiger partial charge in [0.1, 0.15) is 0 Å². The lowest BCUT2D eigenvalue weighted by atomic mass is 10.0. The topological polar surface area (TPSA) is 0 Å². The second-order valence-electron chi connectivity index (χ2n) is 8.34. The van der Waals surface area contributed by atoms with E-state index in [1.54, 1.807) is 0 Å². The summed E-state index contributed by atoms with van der Waals surface area (Å²) in [4.78, 5) is 0. The summed E-state index contributed by atoms with van der Waals surface area (Å²) in [6, 6.07) is 33.8. The van der Waals surface area contributed by atoms with Gasteiger partial charge in [-0.05, 0) is 59.7 Å². The van der Waals surface area contributed by atoms with E-state index in [1.165, 1.54) is 45.9 Å². The van der Waals surface area contributed by atoms with Crippen molar-refractivity contribution in [2.75, 3.05) is 0 Å². The molecule has 0 amide bonds. The molecule has 4 aromatic carbocycles. The van der Waals surface area contributed by atoms with Crippen molar-refractivity contribution in [3.05, 3.63) is 119 Å². The zero-order valence-corrected chi connectivity index (χ0v) is 23.1. The van der Waals surface area contributed by atoms with Crippen molar-refractivity contribution in [2.24, 2.45) is 0 Å². The fourth-order valence-corrected chi connectivity index (χ4v) is 3.05. The summed E-state index contributed by atoms with van der Waals surface area (Å²) in [6.07, 6.45) is 4.78. The highest BCUT2D eigenvalue weighted by molar-refractivity contribution is 5.88. The monoisotopic (exact) mass is 456 g/mol. The average Bonchev–Trinajstić information content (AvgIpc) is 2.88. The van der Waals surface area contributed by atoms with Crippen LogP contribution in [0.1, 0.15) is 76.6 Å². The highest BCUT2D eigenvalue weighted by Crippen LogP contribution is 2.20. The van der Waals surface area contributed by atoms with E-state index in [0.29, 0.717) is 0 Å². The van der Waals surface area contributed by atoms with Gasteiger partial charge in [0.15, 0.2) is 0 Å². The van der Waals surface area contributed by atoms with Crippen LogP contribution in [-0.2, 0) is 12.8 Å². The van der Waals surface area contributed by atoms with Gasteiger partial charge in [0.25, 0.3) is 0 Å². The molecule has 0 saturated heterocycles. The van der Waals surface area contributed by atoms with E-state index in [9.17, 15) is 0 Å². The zero-order valence-electron chi connectivity index (χ0n) is 23.1. The Morgan fingerprint density at radius 2 is 0.676 bits per heavy atom. The average molecular weight is 457 g/mol. The van der Waals surface area contributed by atoms with E-state index in [0.717, 1.165) is 12.8 Å². The molecule has 184 valence electrons. The van der Waals surface area contributed by atoms with Crippen molar-refractivity contribution in [1.29, 1.82) is 0 Å². The Labute approximate surface area is 211 Å². The maximum absolute atomic E-state index is 2.18. The fraction of sp³-hybridized carbons (Fsp3) is 0.353. The minimum Gasteiger partial charge on any atom is -0.0656 e. The molecule has 0 atom stereocenters. The van der Waals surface area contributed by atoms with Gasteiger partial charge in [0.05, 0.1) is 0 Å². The minimum atomic E-state index is 1.14. The lowest BCUT2D eigenvalue weighted by Gasteiger charge is -2.03. The molecule has 34 heavy (non-hydrogen) atoms. The molecule has 0 fully saturated rings. The quantitative estimate of drug-likeness (QED) is 0.281. The Kier molecular flexibility index (Phi) is 19.0. The Hall–Kier alpha value is -2.86. The summed E-state index contributed by atoms with van der Waals surface area (Å²) in [5, 5.41) is 2.75. The molecule has 0 spiro atoms. The first kappa shape index (κ1) is 31.1. The molecule has 0 radical (unpaired) electrons. The fourth-order valence-electron chi connectivity index (χ4n) is 3.05. The molecular weight excluding hydrogens is 408 g/mol. The standard InChI is InChI=1S/C12H12.2C8H10.2C3H8/c1-9-5-3-8-12-10(2)6-4-7-11(9)12;2*1-2-8-6-4-3-5-7-8;2*1-3-2/h3-8H,1-2H3;2*3-7H,2H2,1H3;2*3H2,1-2H3. The zero-order chi connectivity index (χ0) is 25.6. The van der Waals surface area contributed by atoms with Crippen molar-refractivity contribution in [1.82, 2.24) is 0 Å². The molecule has 0 heteroatoms. The van der Waals surface area contributed by atoms with E-state index in [4.69, 9.17) is 0 Å². The number of fused-ring (bicyclic) bond motifs is 1. The van der Waals surface area contributed by atoms with Crippen molar-refractivity contribution >= 4 is 10.8 Å². The van der Waals surface area contributed by atoms with E-state index in [-0.39, 0.29) is 0 Å². The Bertz CT molecular complexity index is 886. The lowest BCUT2D eigenvalue weighted by Crippen LogP contribution is -1.80. The molecule has 0 bridgehead atoms. The maximum atomic E-state index is 2.18. The third-order valence-electron chi connectivity index (χ3n) is 4.86. The highest BCUT2D eigenvalue weighted by atomic mass is 14.0. The van der Waals surface area contributed by atoms with Gasteiger partial charge in [-0.2, -0.15) is 0 Å². The number of hydrogen-bond acceptors (Lipinski definition) is 0. The van der Waals surface area contributed by atoms with Crippen LogP contribution in [0.2, 0.25) is 0 Å². The van der Waals surface area contributed by atoms with Crippen LogP contribution in [0.25, 0.3) is 10.8 Å². The third kappa shape index (κ3) is 13.6. The smallest absolute Gasteiger partial charge is 0.0152 e. The first-order valence-electron chi connectivity index (χ1n) is 13.0. The van der Waals surface area contributed by atoms with Crippen LogP contribution in [0.15, 0.2) is 97.1 Å². The van der Waals surface area contributed by atoms with Gasteiger partial charge >= 0.3 is 0 Å². The van der Waals surface area contributed by atoms with Crippen LogP contribution in [-0.4, -0.2) is 0 Å². The third-order valence-corrected chi connectivity index (χ3v) is 4.86. The minimum absolute atomic E-state index is 1.14. The first-order chi connectivity index (χ1) is 16.5. The summed E-state index contributed by atoms with van der Waals surface area (Å²) < 4.78 is 0. The maximum Gasteiger partial charge on any atom is -0.0152 e. The Balaban J connectivity index is 0.000000441. The molecule has 0 aliphatic heterocycles. The largest absolute Gasteiger partial charge is 0.0656 e. The number of hydrogen-bond donors (Lipinski definition) is 0. The molecule has 0 aliphatic carbocycles. The molecular formula is C34H48. The summed E-state index contributed by atoms with van der Waals surface area (Å²) in [6.45, 7) is 17.1. The van der Waals surface area contributed by atoms with Crippen LogP contribution in [0.5, 0.6) is 0 Å². The Morgan fingerprint density at radius 1 is 0.382 bits per heavy atom. The van der Waals surface area contributed by atoms with Gasteiger partial charge in [-0.25, -0.2) is 0 Å². The summed E-state index contributed by atoms with van der Waals surface area (Å²) in [5.74, 6) is 0.